The Bertz CT molecular complexity index is 933. The van der Waals surface area contributed by atoms with E-state index in [0.717, 1.165) is 11.4 Å². The third kappa shape index (κ3) is 3.42. The van der Waals surface area contributed by atoms with Gasteiger partial charge in [0, 0.05) is 25.2 Å². The van der Waals surface area contributed by atoms with Crippen molar-refractivity contribution in [1.29, 1.82) is 0 Å². The average molecular weight is 423 g/mol. The van der Waals surface area contributed by atoms with Crippen molar-refractivity contribution in [3.63, 3.8) is 0 Å². The number of nitrogens with zero attached hydrogens (tertiary/aromatic N) is 3. The van der Waals surface area contributed by atoms with Gasteiger partial charge in [0.2, 0.25) is 5.91 Å². The fourth-order valence-corrected chi connectivity index (χ4v) is 4.21. The Labute approximate surface area is 171 Å². The molecule has 30 heavy (non-hydrogen) atoms. The van der Waals surface area contributed by atoms with E-state index in [1.165, 1.54) is 0 Å². The van der Waals surface area contributed by atoms with E-state index in [1.807, 2.05) is 18.3 Å². The number of piperidine rings is 1. The van der Waals surface area contributed by atoms with E-state index in [1.54, 1.807) is 0 Å². The van der Waals surface area contributed by atoms with Crippen LogP contribution in [0.2, 0.25) is 0 Å². The van der Waals surface area contributed by atoms with Gasteiger partial charge in [0.25, 0.3) is 0 Å². The van der Waals surface area contributed by atoms with Gasteiger partial charge in [-0.25, -0.2) is 4.98 Å². The molecule has 0 aromatic carbocycles. The molecule has 162 valence electrons. The molecule has 1 unspecified atom stereocenters. The van der Waals surface area contributed by atoms with Crippen LogP contribution in [0.1, 0.15) is 61.8 Å². The number of pyridine rings is 1. The van der Waals surface area contributed by atoms with E-state index in [0.29, 0.717) is 31.8 Å². The van der Waals surface area contributed by atoms with Crippen LogP contribution < -0.4 is 10.2 Å². The zero-order valence-corrected chi connectivity index (χ0v) is 16.8. The Morgan fingerprint density at radius 1 is 1.27 bits per heavy atom. The van der Waals surface area contributed by atoms with Gasteiger partial charge in [-0.15, -0.1) is 0 Å². The lowest BCUT2D eigenvalue weighted by Crippen LogP contribution is -2.48. The Balaban J connectivity index is 1.55. The molecule has 0 saturated carbocycles. The van der Waals surface area contributed by atoms with Gasteiger partial charge >= 0.3 is 6.18 Å². The van der Waals surface area contributed by atoms with Crippen LogP contribution >= 0.6 is 0 Å². The lowest BCUT2D eigenvalue weighted by molar-refractivity contribution is -0.267. The number of fused-ring (bicyclic) bond motifs is 1. The molecule has 10 heteroatoms. The summed E-state index contributed by atoms with van der Waals surface area (Å²) in [6.45, 7) is 5.41. The number of aromatic amines is 1. The van der Waals surface area contributed by atoms with Crippen molar-refractivity contribution in [2.24, 2.45) is 0 Å². The van der Waals surface area contributed by atoms with Gasteiger partial charge in [-0.3, -0.25) is 9.89 Å². The number of H-pyrrole nitrogens is 1. The second kappa shape index (κ2) is 7.26. The summed E-state index contributed by atoms with van der Waals surface area (Å²) in [4.78, 5) is 18.3. The normalized spacial score (nSPS) is 22.9. The maximum Gasteiger partial charge on any atom is 0.422 e. The molecule has 4 rings (SSSR count). The Morgan fingerprint density at radius 3 is 2.53 bits per heavy atom. The Kier molecular flexibility index (Phi) is 5.00. The lowest BCUT2D eigenvalue weighted by atomic mass is 9.81. The number of aromatic nitrogens is 3. The van der Waals surface area contributed by atoms with Gasteiger partial charge < -0.3 is 15.3 Å². The van der Waals surface area contributed by atoms with E-state index in [9.17, 15) is 23.1 Å². The highest BCUT2D eigenvalue weighted by molar-refractivity contribution is 5.94. The number of carbonyl (C=O) groups is 1. The molecule has 1 amide bonds. The van der Waals surface area contributed by atoms with Crippen molar-refractivity contribution in [2.45, 2.75) is 56.7 Å². The second-order valence-corrected chi connectivity index (χ2v) is 8.31. The molecule has 7 nitrogen and oxygen atoms in total. The Morgan fingerprint density at radius 2 is 1.97 bits per heavy atom. The van der Waals surface area contributed by atoms with Crippen molar-refractivity contribution >= 4 is 17.5 Å². The molecule has 3 N–H and O–H groups in total. The molecule has 1 atom stereocenters. The minimum absolute atomic E-state index is 0.172. The topological polar surface area (TPSA) is 94.1 Å². The lowest BCUT2D eigenvalue weighted by Gasteiger charge is -2.36. The van der Waals surface area contributed by atoms with Crippen LogP contribution in [0, 0.1) is 0 Å². The standard InChI is InChI=1S/C20H24F3N5O2/c1-11(2)13-3-4-14(24-10-13)28-7-5-12(6-8-28)17-16-18(27-26-17)25-15(29)9-19(16,30)20(21,22)23/h3-4,10-12,30H,5-9H2,1-2H3,(H2,25,26,27,29). The minimum atomic E-state index is -4.99. The summed E-state index contributed by atoms with van der Waals surface area (Å²) in [5.74, 6) is -0.116. The van der Waals surface area contributed by atoms with E-state index in [2.05, 4.69) is 39.2 Å². The fraction of sp³-hybridized carbons (Fsp3) is 0.550. The average Bonchev–Trinajstić information content (AvgIpc) is 3.12. The second-order valence-electron chi connectivity index (χ2n) is 8.31. The Hall–Kier alpha value is -2.62. The van der Waals surface area contributed by atoms with Crippen molar-refractivity contribution in [3.8, 4) is 0 Å². The first-order chi connectivity index (χ1) is 14.1. The summed E-state index contributed by atoms with van der Waals surface area (Å²) < 4.78 is 41.1. The molecular weight excluding hydrogens is 399 g/mol. The largest absolute Gasteiger partial charge is 0.422 e. The highest BCUT2D eigenvalue weighted by atomic mass is 19.4. The SMILES string of the molecule is CC(C)c1ccc(N2CCC(c3n[nH]c4c3C(O)(C(F)(F)F)CC(=O)N4)CC2)nc1. The first-order valence-electron chi connectivity index (χ1n) is 9.98. The van der Waals surface area contributed by atoms with Gasteiger partial charge in [-0.05, 0) is 30.4 Å². The van der Waals surface area contributed by atoms with Crippen LogP contribution in [-0.4, -0.2) is 45.5 Å². The van der Waals surface area contributed by atoms with Gasteiger partial charge in [0.15, 0.2) is 5.60 Å². The van der Waals surface area contributed by atoms with Gasteiger partial charge in [0.1, 0.15) is 11.6 Å². The quantitative estimate of drug-likeness (QED) is 0.704. The van der Waals surface area contributed by atoms with Crippen LogP contribution in [0.3, 0.4) is 0 Å². The summed E-state index contributed by atoms with van der Waals surface area (Å²) in [6.07, 6.45) is -3.08. The molecule has 1 saturated heterocycles. The molecule has 0 radical (unpaired) electrons. The number of carbonyl (C=O) groups excluding carboxylic acids is 1. The number of nitrogens with one attached hydrogen (secondary N) is 2. The number of hydrogen-bond donors (Lipinski definition) is 3. The highest BCUT2D eigenvalue weighted by Gasteiger charge is 2.61. The third-order valence-electron chi connectivity index (χ3n) is 6.00. The third-order valence-corrected chi connectivity index (χ3v) is 6.00. The highest BCUT2D eigenvalue weighted by Crippen LogP contribution is 2.49. The van der Waals surface area contributed by atoms with Gasteiger partial charge in [-0.2, -0.15) is 18.3 Å². The minimum Gasteiger partial charge on any atom is -0.376 e. The van der Waals surface area contributed by atoms with Crippen LogP contribution in [-0.2, 0) is 10.4 Å². The zero-order valence-electron chi connectivity index (χ0n) is 16.8. The molecular formula is C20H24F3N5O2. The molecule has 2 aromatic rings. The number of aliphatic hydroxyl groups is 1. The van der Waals surface area contributed by atoms with Crippen LogP contribution in [0.5, 0.6) is 0 Å². The van der Waals surface area contributed by atoms with Gasteiger partial charge in [0.05, 0.1) is 17.7 Å². The summed E-state index contributed by atoms with van der Waals surface area (Å²) in [5.41, 5.74) is -2.27. The maximum atomic E-state index is 13.7. The van der Waals surface area contributed by atoms with Crippen molar-refractivity contribution in [2.75, 3.05) is 23.3 Å². The number of amides is 1. The zero-order chi connectivity index (χ0) is 21.7. The molecule has 0 bridgehead atoms. The summed E-state index contributed by atoms with van der Waals surface area (Å²) >= 11 is 0. The van der Waals surface area contributed by atoms with Gasteiger partial charge in [-0.1, -0.05) is 19.9 Å². The van der Waals surface area contributed by atoms with Crippen molar-refractivity contribution in [1.82, 2.24) is 15.2 Å². The summed E-state index contributed by atoms with van der Waals surface area (Å²) in [7, 11) is 0. The smallest absolute Gasteiger partial charge is 0.376 e. The number of rotatable bonds is 3. The monoisotopic (exact) mass is 423 g/mol. The molecule has 0 aliphatic carbocycles. The number of alkyl halides is 3. The van der Waals surface area contributed by atoms with Crippen LogP contribution in [0.4, 0.5) is 24.8 Å². The molecule has 0 spiro atoms. The van der Waals surface area contributed by atoms with Crippen LogP contribution in [0.15, 0.2) is 18.3 Å². The van der Waals surface area contributed by atoms with Crippen LogP contribution in [0.25, 0.3) is 0 Å². The van der Waals surface area contributed by atoms with E-state index >= 15 is 0 Å². The predicted octanol–water partition coefficient (Wildman–Crippen LogP) is 3.40. The number of halogens is 3. The molecule has 1 fully saturated rings. The number of hydrogen-bond acceptors (Lipinski definition) is 5. The molecule has 4 heterocycles. The first-order valence-corrected chi connectivity index (χ1v) is 9.98. The van der Waals surface area contributed by atoms with E-state index in [4.69, 9.17) is 0 Å². The van der Waals surface area contributed by atoms with E-state index in [-0.39, 0.29) is 23.0 Å². The van der Waals surface area contributed by atoms with Crippen molar-refractivity contribution in [3.05, 3.63) is 35.2 Å². The first kappa shape index (κ1) is 20.6. The summed E-state index contributed by atoms with van der Waals surface area (Å²) in [6, 6.07) is 4.00. The maximum absolute atomic E-state index is 13.7. The van der Waals surface area contributed by atoms with E-state index < -0.39 is 24.1 Å². The molecule has 2 aliphatic rings. The fourth-order valence-electron chi connectivity index (χ4n) is 4.21. The molecule has 2 aromatic heterocycles. The summed E-state index contributed by atoms with van der Waals surface area (Å²) in [5, 5.41) is 19.4. The molecule has 2 aliphatic heterocycles. The predicted molar refractivity (Wildman–Crippen MR) is 104 cm³/mol. The van der Waals surface area contributed by atoms with Crippen molar-refractivity contribution < 1.29 is 23.1 Å². The number of anilines is 2.